The highest BCUT2D eigenvalue weighted by Gasteiger charge is 2.35. The second kappa shape index (κ2) is 7.05. The van der Waals surface area contributed by atoms with E-state index in [-0.39, 0.29) is 17.0 Å². The van der Waals surface area contributed by atoms with E-state index in [1.165, 1.54) is 22.0 Å². The predicted molar refractivity (Wildman–Crippen MR) is 106 cm³/mol. The van der Waals surface area contributed by atoms with Crippen molar-refractivity contribution >= 4 is 51.5 Å². The summed E-state index contributed by atoms with van der Waals surface area (Å²) in [6.07, 6.45) is 1.62. The highest BCUT2D eigenvalue weighted by Crippen LogP contribution is 2.35. The monoisotopic (exact) mass is 381 g/mol. The summed E-state index contributed by atoms with van der Waals surface area (Å²) in [5.74, 6) is 1.36. The lowest BCUT2D eigenvalue weighted by molar-refractivity contribution is -0.122. The Balaban J connectivity index is 1.48. The number of furan rings is 1. The fourth-order valence-corrected chi connectivity index (χ4v) is 4.46. The van der Waals surface area contributed by atoms with E-state index in [1.54, 1.807) is 12.1 Å². The first-order valence-electron chi connectivity index (χ1n) is 8.03. The number of benzene rings is 2. The number of carbonyl (C=O) groups is 2. The molecule has 2 heterocycles. The maximum absolute atomic E-state index is 12.5. The normalized spacial score (nSPS) is 16.2. The molecule has 2 aromatic carbocycles. The van der Waals surface area contributed by atoms with Crippen LogP contribution in [0.1, 0.15) is 11.5 Å². The van der Waals surface area contributed by atoms with Gasteiger partial charge in [0.1, 0.15) is 11.5 Å². The Kier molecular flexibility index (Phi) is 4.61. The summed E-state index contributed by atoms with van der Waals surface area (Å²) >= 11 is 2.42. The third kappa shape index (κ3) is 3.43. The Morgan fingerprint density at radius 1 is 1.08 bits per heavy atom. The fraction of sp³-hybridized carbons (Fsp3) is 0.100. The van der Waals surface area contributed by atoms with Crippen LogP contribution in [0.3, 0.4) is 0 Å². The largest absolute Gasteiger partial charge is 0.462 e. The molecule has 0 aliphatic carbocycles. The fourth-order valence-electron chi connectivity index (χ4n) is 2.67. The van der Waals surface area contributed by atoms with E-state index < -0.39 is 0 Å². The van der Waals surface area contributed by atoms with Crippen LogP contribution in [-0.2, 0) is 4.79 Å². The summed E-state index contributed by atoms with van der Waals surface area (Å²) in [6, 6.07) is 17.8. The van der Waals surface area contributed by atoms with Crippen molar-refractivity contribution < 1.29 is 14.0 Å². The summed E-state index contributed by atoms with van der Waals surface area (Å²) in [7, 11) is 0. The van der Waals surface area contributed by atoms with Gasteiger partial charge in [-0.1, -0.05) is 30.3 Å². The molecule has 1 aromatic heterocycles. The van der Waals surface area contributed by atoms with Gasteiger partial charge in [-0.05, 0) is 53.7 Å². The van der Waals surface area contributed by atoms with Crippen LogP contribution in [0.15, 0.2) is 68.8 Å². The van der Waals surface area contributed by atoms with Crippen LogP contribution in [0.5, 0.6) is 0 Å². The standard InChI is InChI=1S/C20H15NO3S2/c1-13-6-8-16(24-13)11-18-19(22)21(20(23)26-18)12-25-17-9-7-14-4-2-3-5-15(14)10-17/h2-11H,12H2,1H3/b18-11-. The Bertz CT molecular complexity index is 1040. The average Bonchev–Trinajstić information content (AvgIpc) is 3.16. The minimum absolute atomic E-state index is 0.252. The van der Waals surface area contributed by atoms with Gasteiger partial charge in [0, 0.05) is 11.0 Å². The zero-order chi connectivity index (χ0) is 18.1. The van der Waals surface area contributed by atoms with Crippen molar-refractivity contribution in [1.29, 1.82) is 0 Å². The topological polar surface area (TPSA) is 50.5 Å². The van der Waals surface area contributed by atoms with Gasteiger partial charge in [-0.3, -0.25) is 14.5 Å². The van der Waals surface area contributed by atoms with Gasteiger partial charge in [-0.25, -0.2) is 0 Å². The number of hydrogen-bond acceptors (Lipinski definition) is 5. The van der Waals surface area contributed by atoms with Crippen LogP contribution in [0.2, 0.25) is 0 Å². The van der Waals surface area contributed by atoms with E-state index in [9.17, 15) is 9.59 Å². The summed E-state index contributed by atoms with van der Waals surface area (Å²) in [4.78, 5) is 27.4. The Labute approximate surface area is 159 Å². The Hall–Kier alpha value is -2.44. The van der Waals surface area contributed by atoms with Gasteiger partial charge in [0.2, 0.25) is 0 Å². The van der Waals surface area contributed by atoms with Crippen molar-refractivity contribution in [1.82, 2.24) is 4.90 Å². The maximum atomic E-state index is 12.5. The third-order valence-electron chi connectivity index (χ3n) is 3.99. The van der Waals surface area contributed by atoms with Crippen molar-refractivity contribution in [2.45, 2.75) is 11.8 Å². The van der Waals surface area contributed by atoms with Crippen LogP contribution in [0.25, 0.3) is 16.8 Å². The number of aryl methyl sites for hydroxylation is 1. The average molecular weight is 381 g/mol. The smallest absolute Gasteiger partial charge is 0.294 e. The van der Waals surface area contributed by atoms with E-state index in [2.05, 4.69) is 12.1 Å². The molecule has 0 unspecified atom stereocenters. The zero-order valence-corrected chi connectivity index (χ0v) is 15.6. The van der Waals surface area contributed by atoms with Crippen LogP contribution < -0.4 is 0 Å². The molecule has 130 valence electrons. The molecule has 0 N–H and O–H groups in total. The van der Waals surface area contributed by atoms with Crippen LogP contribution in [-0.4, -0.2) is 21.9 Å². The van der Waals surface area contributed by atoms with Crippen molar-refractivity contribution in [3.05, 3.63) is 71.0 Å². The first-order chi connectivity index (χ1) is 12.6. The molecule has 0 bridgehead atoms. The SMILES string of the molecule is Cc1ccc(/C=C2\SC(=O)N(CSc3ccc4ccccc4c3)C2=O)o1. The molecule has 1 aliphatic heterocycles. The number of fused-ring (bicyclic) bond motifs is 1. The molecular formula is C20H15NO3S2. The van der Waals surface area contributed by atoms with Crippen molar-refractivity contribution in [3.8, 4) is 0 Å². The first-order valence-corrected chi connectivity index (χ1v) is 9.84. The number of carbonyl (C=O) groups excluding carboxylic acids is 2. The highest BCUT2D eigenvalue weighted by molar-refractivity contribution is 8.18. The van der Waals surface area contributed by atoms with Gasteiger partial charge in [0.05, 0.1) is 10.8 Å². The quantitative estimate of drug-likeness (QED) is 0.439. The van der Waals surface area contributed by atoms with Crippen LogP contribution in [0, 0.1) is 6.92 Å². The molecular weight excluding hydrogens is 366 g/mol. The maximum Gasteiger partial charge on any atom is 0.294 e. The summed E-state index contributed by atoms with van der Waals surface area (Å²) in [6.45, 7) is 1.84. The number of hydrogen-bond donors (Lipinski definition) is 0. The van der Waals surface area contributed by atoms with E-state index in [0.717, 1.165) is 27.8 Å². The minimum atomic E-state index is -0.276. The molecule has 0 atom stereocenters. The molecule has 4 nitrogen and oxygen atoms in total. The van der Waals surface area contributed by atoms with Gasteiger partial charge in [-0.15, -0.1) is 11.8 Å². The third-order valence-corrected chi connectivity index (χ3v) is 5.87. The predicted octanol–water partition coefficient (Wildman–Crippen LogP) is 5.53. The van der Waals surface area contributed by atoms with E-state index in [4.69, 9.17) is 4.42 Å². The zero-order valence-electron chi connectivity index (χ0n) is 14.0. The molecule has 2 amide bonds. The van der Waals surface area contributed by atoms with E-state index in [1.807, 2.05) is 43.3 Å². The number of rotatable bonds is 4. The van der Waals surface area contributed by atoms with Crippen molar-refractivity contribution in [3.63, 3.8) is 0 Å². The number of amides is 2. The summed E-state index contributed by atoms with van der Waals surface area (Å²) in [5.41, 5.74) is 0. The van der Waals surface area contributed by atoms with Crippen LogP contribution in [0.4, 0.5) is 4.79 Å². The lowest BCUT2D eigenvalue weighted by atomic mass is 10.1. The molecule has 3 aromatic rings. The first kappa shape index (κ1) is 17.0. The number of imide groups is 1. The van der Waals surface area contributed by atoms with Crippen molar-refractivity contribution in [2.24, 2.45) is 0 Å². The van der Waals surface area contributed by atoms with Gasteiger partial charge < -0.3 is 4.42 Å². The van der Waals surface area contributed by atoms with Crippen LogP contribution >= 0.6 is 23.5 Å². The van der Waals surface area contributed by atoms with Gasteiger partial charge in [0.15, 0.2) is 0 Å². The molecule has 0 spiro atoms. The summed E-state index contributed by atoms with van der Waals surface area (Å²) < 4.78 is 5.46. The molecule has 1 fully saturated rings. The molecule has 0 radical (unpaired) electrons. The van der Waals surface area contributed by atoms with Crippen molar-refractivity contribution in [2.75, 3.05) is 5.88 Å². The lowest BCUT2D eigenvalue weighted by Gasteiger charge is -2.12. The van der Waals surface area contributed by atoms with Gasteiger partial charge >= 0.3 is 0 Å². The van der Waals surface area contributed by atoms with E-state index in [0.29, 0.717) is 10.7 Å². The molecule has 1 aliphatic rings. The minimum Gasteiger partial charge on any atom is -0.462 e. The highest BCUT2D eigenvalue weighted by atomic mass is 32.2. The second-order valence-corrected chi connectivity index (χ2v) is 7.85. The molecule has 6 heteroatoms. The molecule has 26 heavy (non-hydrogen) atoms. The second-order valence-electron chi connectivity index (χ2n) is 5.84. The molecule has 0 saturated carbocycles. The molecule has 4 rings (SSSR count). The summed E-state index contributed by atoms with van der Waals surface area (Å²) in [5, 5.41) is 2.05. The molecule has 1 saturated heterocycles. The number of nitrogens with zero attached hydrogens (tertiary/aromatic N) is 1. The Morgan fingerprint density at radius 2 is 1.88 bits per heavy atom. The Morgan fingerprint density at radius 3 is 2.65 bits per heavy atom. The lowest BCUT2D eigenvalue weighted by Crippen LogP contribution is -2.27. The number of thioether (sulfide) groups is 2. The van der Waals surface area contributed by atoms with Gasteiger partial charge in [0.25, 0.3) is 11.1 Å². The van der Waals surface area contributed by atoms with E-state index >= 15 is 0 Å². The van der Waals surface area contributed by atoms with Gasteiger partial charge in [-0.2, -0.15) is 0 Å².